The molecule has 1 aromatic carbocycles. The van der Waals surface area contributed by atoms with Crippen molar-refractivity contribution >= 4 is 23.7 Å². The monoisotopic (exact) mass is 177 g/mol. The molecule has 60 valence electrons. The molecule has 0 unspecified atom stereocenters. The maximum atomic E-state index is 9.46. The smallest absolute Gasteiger partial charge is 0.239 e. The van der Waals surface area contributed by atoms with Crippen LogP contribution in [-0.2, 0) is 12.8 Å². The van der Waals surface area contributed by atoms with Gasteiger partial charge in [0.2, 0.25) is 5.52 Å². The Hall–Kier alpha value is -1.35. The van der Waals surface area contributed by atoms with Crippen molar-refractivity contribution in [1.29, 1.82) is 0 Å². The Bertz CT molecular complexity index is 391. The van der Waals surface area contributed by atoms with Crippen LogP contribution >= 0.6 is 0 Å². The minimum absolute atomic E-state index is 0.225. The van der Waals surface area contributed by atoms with Gasteiger partial charge in [0, 0.05) is 11.5 Å². The van der Waals surface area contributed by atoms with Crippen LogP contribution < -0.4 is 3.97 Å². The van der Waals surface area contributed by atoms with Gasteiger partial charge in [0.1, 0.15) is 0 Å². The van der Waals surface area contributed by atoms with Crippen molar-refractivity contribution in [1.82, 2.24) is 0 Å². The highest BCUT2D eigenvalue weighted by atomic mass is 32.1. The molecule has 12 heavy (non-hydrogen) atoms. The van der Waals surface area contributed by atoms with Crippen LogP contribution in [0.1, 0.15) is 0 Å². The molecular formula is C9H7NOS. The van der Waals surface area contributed by atoms with E-state index in [1.807, 2.05) is 18.2 Å². The van der Waals surface area contributed by atoms with E-state index in [1.54, 1.807) is 18.3 Å². The lowest BCUT2D eigenvalue weighted by atomic mass is 10.2. The number of hydrogen-bond acceptors (Lipinski definition) is 2. The van der Waals surface area contributed by atoms with E-state index in [4.69, 9.17) is 12.8 Å². The Balaban J connectivity index is 2.96. The van der Waals surface area contributed by atoms with E-state index in [1.165, 1.54) is 3.97 Å². The molecule has 0 aliphatic rings. The van der Waals surface area contributed by atoms with Gasteiger partial charge >= 0.3 is 0 Å². The van der Waals surface area contributed by atoms with Gasteiger partial charge in [-0.2, -0.15) is 0 Å². The van der Waals surface area contributed by atoms with Gasteiger partial charge in [0.05, 0.1) is 0 Å². The summed E-state index contributed by atoms with van der Waals surface area (Å²) in [5.41, 5.74) is 0.690. The van der Waals surface area contributed by atoms with Crippen LogP contribution in [0, 0.1) is 0 Å². The number of aromatic nitrogens is 1. The number of aromatic hydroxyl groups is 1. The largest absolute Gasteiger partial charge is 0.502 e. The third-order valence-corrected chi connectivity index (χ3v) is 2.07. The number of phenols is 1. The molecule has 1 heterocycles. The van der Waals surface area contributed by atoms with Crippen LogP contribution in [0.25, 0.3) is 10.9 Å². The van der Waals surface area contributed by atoms with E-state index >= 15 is 0 Å². The summed E-state index contributed by atoms with van der Waals surface area (Å²) in [6, 6.07) is 9.11. The second-order valence-corrected chi connectivity index (χ2v) is 2.94. The first-order valence-electron chi connectivity index (χ1n) is 3.59. The van der Waals surface area contributed by atoms with E-state index in [9.17, 15) is 5.11 Å². The average Bonchev–Trinajstić information content (AvgIpc) is 2.04. The molecule has 2 nitrogen and oxygen atoms in total. The van der Waals surface area contributed by atoms with Crippen molar-refractivity contribution in [2.75, 3.05) is 0 Å². The van der Waals surface area contributed by atoms with Gasteiger partial charge in [0.25, 0.3) is 0 Å². The Morgan fingerprint density at radius 3 is 2.67 bits per heavy atom. The predicted octanol–water partition coefficient (Wildman–Crippen LogP) is 1.14. The second-order valence-electron chi connectivity index (χ2n) is 2.55. The van der Waals surface area contributed by atoms with Crippen LogP contribution in [0.2, 0.25) is 0 Å². The number of nitrogens with zero attached hydrogens (tertiary/aromatic N) is 1. The predicted molar refractivity (Wildman–Crippen MR) is 48.6 cm³/mol. The summed E-state index contributed by atoms with van der Waals surface area (Å²) < 4.78 is 1.49. The van der Waals surface area contributed by atoms with Crippen molar-refractivity contribution in [3.63, 3.8) is 0 Å². The maximum Gasteiger partial charge on any atom is 0.239 e. The number of phenolic OH excluding ortho intramolecular Hbond substituents is 1. The van der Waals surface area contributed by atoms with Crippen LogP contribution in [0.15, 0.2) is 36.5 Å². The van der Waals surface area contributed by atoms with Crippen molar-refractivity contribution in [2.45, 2.75) is 0 Å². The molecule has 1 aromatic heterocycles. The highest BCUT2D eigenvalue weighted by Crippen LogP contribution is 2.19. The molecule has 0 atom stereocenters. The van der Waals surface area contributed by atoms with E-state index < -0.39 is 0 Å². The fourth-order valence-electron chi connectivity index (χ4n) is 1.22. The van der Waals surface area contributed by atoms with E-state index in [0.29, 0.717) is 5.52 Å². The van der Waals surface area contributed by atoms with Gasteiger partial charge in [-0.1, -0.05) is 6.07 Å². The zero-order valence-corrected chi connectivity index (χ0v) is 7.08. The summed E-state index contributed by atoms with van der Waals surface area (Å²) in [5.74, 6) is 0.225. The fourth-order valence-corrected chi connectivity index (χ4v) is 1.49. The van der Waals surface area contributed by atoms with Gasteiger partial charge in [-0.25, -0.2) is 0 Å². The Labute approximate surface area is 75.6 Å². The molecule has 0 spiro atoms. The zero-order chi connectivity index (χ0) is 8.55. The van der Waals surface area contributed by atoms with E-state index in [2.05, 4.69) is 0 Å². The standard InChI is InChI=1S/C9H7NOS/c11-8-5-1-3-7-4-2-6-10(12)9(7)8/h1-6,11H. The molecule has 0 bridgehead atoms. The molecule has 0 aliphatic heterocycles. The normalized spacial score (nSPS) is 10.3. The quantitative estimate of drug-likeness (QED) is 0.482. The minimum atomic E-state index is 0.225. The number of hydrogen-bond donors (Lipinski definition) is 1. The first-order chi connectivity index (χ1) is 5.79. The highest BCUT2D eigenvalue weighted by molar-refractivity contribution is 7.51. The van der Waals surface area contributed by atoms with Gasteiger partial charge in [0.15, 0.2) is 11.9 Å². The van der Waals surface area contributed by atoms with Crippen LogP contribution in [0.5, 0.6) is 5.75 Å². The summed E-state index contributed by atoms with van der Waals surface area (Å²) in [7, 11) is 0. The van der Waals surface area contributed by atoms with E-state index in [-0.39, 0.29) is 5.75 Å². The van der Waals surface area contributed by atoms with Gasteiger partial charge in [-0.15, -0.1) is 0 Å². The highest BCUT2D eigenvalue weighted by Gasteiger charge is 2.04. The molecule has 0 saturated carbocycles. The lowest BCUT2D eigenvalue weighted by Gasteiger charge is -2.02. The van der Waals surface area contributed by atoms with Crippen molar-refractivity contribution in [3.05, 3.63) is 36.5 Å². The number of rotatable bonds is 0. The lowest BCUT2D eigenvalue weighted by Crippen LogP contribution is -2.26. The Kier molecular flexibility index (Phi) is 1.59. The third-order valence-electron chi connectivity index (χ3n) is 1.76. The summed E-state index contributed by atoms with van der Waals surface area (Å²) >= 11 is 5.00. The third kappa shape index (κ3) is 0.987. The molecule has 0 radical (unpaired) electrons. The molecule has 3 heteroatoms. The molecule has 2 aromatic rings. The topological polar surface area (TPSA) is 24.1 Å². The first kappa shape index (κ1) is 7.31. The van der Waals surface area contributed by atoms with Crippen molar-refractivity contribution in [3.8, 4) is 5.75 Å². The number of para-hydroxylation sites is 1. The zero-order valence-electron chi connectivity index (χ0n) is 6.27. The number of fused-ring (bicyclic) bond motifs is 1. The summed E-state index contributed by atoms with van der Waals surface area (Å²) in [6.07, 6.45) is 1.73. The summed E-state index contributed by atoms with van der Waals surface area (Å²) in [5, 5.41) is 10.4. The summed E-state index contributed by atoms with van der Waals surface area (Å²) in [4.78, 5) is 0. The Morgan fingerprint density at radius 2 is 1.92 bits per heavy atom. The SMILES string of the molecule is Oc1cccc2ccc[n+]([S-])c12. The number of pyridine rings is 1. The first-order valence-corrected chi connectivity index (χ1v) is 3.95. The van der Waals surface area contributed by atoms with Crippen LogP contribution in [-0.4, -0.2) is 5.11 Å². The number of benzene rings is 1. The van der Waals surface area contributed by atoms with Crippen molar-refractivity contribution in [2.24, 2.45) is 0 Å². The van der Waals surface area contributed by atoms with E-state index in [0.717, 1.165) is 5.39 Å². The van der Waals surface area contributed by atoms with Crippen LogP contribution in [0.4, 0.5) is 0 Å². The molecule has 1 N–H and O–H groups in total. The van der Waals surface area contributed by atoms with Gasteiger partial charge in [-0.3, -0.25) is 3.97 Å². The molecule has 0 saturated heterocycles. The summed E-state index contributed by atoms with van der Waals surface area (Å²) in [6.45, 7) is 0. The fraction of sp³-hybridized carbons (Fsp3) is 0. The second kappa shape index (κ2) is 2.60. The van der Waals surface area contributed by atoms with Gasteiger partial charge in [-0.05, 0) is 18.2 Å². The minimum Gasteiger partial charge on any atom is -0.502 e. The average molecular weight is 177 g/mol. The molecule has 0 aliphatic carbocycles. The van der Waals surface area contributed by atoms with Crippen molar-refractivity contribution < 1.29 is 9.08 Å². The Morgan fingerprint density at radius 1 is 1.17 bits per heavy atom. The molecule has 2 rings (SSSR count). The molecule has 0 fully saturated rings. The lowest BCUT2D eigenvalue weighted by molar-refractivity contribution is -0.461. The maximum absolute atomic E-state index is 9.46. The van der Waals surface area contributed by atoms with Crippen LogP contribution in [0.3, 0.4) is 0 Å². The molecule has 0 amide bonds. The van der Waals surface area contributed by atoms with Gasteiger partial charge < -0.3 is 17.9 Å². The molecular weight excluding hydrogens is 170 g/mol.